The van der Waals surface area contributed by atoms with Crippen LogP contribution >= 0.6 is 0 Å². The standard InChI is InChI=1S/C15H18N2O4/c1-16(2)13(18)10-3-5-11(6-4-10)14(19)17-8-7-12(9-17)15(20)21/h3-6,12H,7-9H2,1-2H3,(H,20,21). The van der Waals surface area contributed by atoms with E-state index in [1.807, 2.05) is 0 Å². The highest BCUT2D eigenvalue weighted by Gasteiger charge is 2.31. The number of rotatable bonds is 3. The van der Waals surface area contributed by atoms with Crippen molar-refractivity contribution in [3.05, 3.63) is 35.4 Å². The van der Waals surface area contributed by atoms with Crippen LogP contribution in [0.1, 0.15) is 27.1 Å². The van der Waals surface area contributed by atoms with Crippen LogP contribution in [0.3, 0.4) is 0 Å². The molecule has 1 fully saturated rings. The summed E-state index contributed by atoms with van der Waals surface area (Å²) in [6, 6.07) is 6.43. The van der Waals surface area contributed by atoms with Gasteiger partial charge in [-0.25, -0.2) is 0 Å². The first kappa shape index (κ1) is 15.0. The summed E-state index contributed by atoms with van der Waals surface area (Å²) in [5, 5.41) is 8.95. The molecule has 1 N–H and O–H groups in total. The Morgan fingerprint density at radius 1 is 1.14 bits per heavy atom. The van der Waals surface area contributed by atoms with E-state index in [1.54, 1.807) is 43.3 Å². The van der Waals surface area contributed by atoms with Gasteiger partial charge in [-0.15, -0.1) is 0 Å². The minimum atomic E-state index is -0.864. The fraction of sp³-hybridized carbons (Fsp3) is 0.400. The van der Waals surface area contributed by atoms with E-state index in [-0.39, 0.29) is 18.4 Å². The smallest absolute Gasteiger partial charge is 0.308 e. The van der Waals surface area contributed by atoms with Crippen LogP contribution in [0.25, 0.3) is 0 Å². The summed E-state index contributed by atoms with van der Waals surface area (Å²) in [7, 11) is 3.33. The van der Waals surface area contributed by atoms with E-state index in [2.05, 4.69) is 0 Å². The molecule has 0 bridgehead atoms. The Morgan fingerprint density at radius 2 is 1.71 bits per heavy atom. The molecule has 1 atom stereocenters. The molecule has 1 saturated heterocycles. The Morgan fingerprint density at radius 3 is 2.19 bits per heavy atom. The topological polar surface area (TPSA) is 77.9 Å². The molecule has 0 radical (unpaired) electrons. The Kier molecular flexibility index (Phi) is 4.26. The summed E-state index contributed by atoms with van der Waals surface area (Å²) in [6.45, 7) is 0.695. The van der Waals surface area contributed by atoms with Crippen molar-refractivity contribution in [3.63, 3.8) is 0 Å². The number of carbonyl (C=O) groups excluding carboxylic acids is 2. The third kappa shape index (κ3) is 3.21. The van der Waals surface area contributed by atoms with Crippen molar-refractivity contribution in [2.24, 2.45) is 5.92 Å². The molecule has 1 heterocycles. The van der Waals surface area contributed by atoms with Crippen LogP contribution < -0.4 is 0 Å². The third-order valence-electron chi connectivity index (χ3n) is 3.61. The summed E-state index contributed by atoms with van der Waals surface area (Å²) in [4.78, 5) is 38.0. The van der Waals surface area contributed by atoms with Gasteiger partial charge in [-0.3, -0.25) is 14.4 Å². The molecular formula is C15H18N2O4. The van der Waals surface area contributed by atoms with Crippen LogP contribution in [0, 0.1) is 5.92 Å². The first-order chi connectivity index (χ1) is 9.90. The monoisotopic (exact) mass is 290 g/mol. The fourth-order valence-corrected chi connectivity index (χ4v) is 2.34. The van der Waals surface area contributed by atoms with E-state index < -0.39 is 11.9 Å². The van der Waals surface area contributed by atoms with Crippen LogP contribution in [0.15, 0.2) is 24.3 Å². The van der Waals surface area contributed by atoms with Crippen molar-refractivity contribution in [3.8, 4) is 0 Å². The Bertz CT molecular complexity index is 566. The first-order valence-electron chi connectivity index (χ1n) is 6.74. The third-order valence-corrected chi connectivity index (χ3v) is 3.61. The zero-order valence-corrected chi connectivity index (χ0v) is 12.1. The maximum atomic E-state index is 12.3. The second kappa shape index (κ2) is 5.95. The van der Waals surface area contributed by atoms with Gasteiger partial charge >= 0.3 is 5.97 Å². The van der Waals surface area contributed by atoms with Gasteiger partial charge in [-0.05, 0) is 30.7 Å². The number of carbonyl (C=O) groups is 3. The molecule has 0 saturated carbocycles. The van der Waals surface area contributed by atoms with Gasteiger partial charge in [0, 0.05) is 38.3 Å². The minimum absolute atomic E-state index is 0.124. The summed E-state index contributed by atoms with van der Waals surface area (Å²) in [6.07, 6.45) is 0.484. The lowest BCUT2D eigenvalue weighted by atomic mass is 10.1. The van der Waals surface area contributed by atoms with E-state index in [4.69, 9.17) is 5.11 Å². The zero-order valence-electron chi connectivity index (χ0n) is 12.1. The Hall–Kier alpha value is -2.37. The van der Waals surface area contributed by atoms with Crippen molar-refractivity contribution in [1.29, 1.82) is 0 Å². The van der Waals surface area contributed by atoms with E-state index >= 15 is 0 Å². The summed E-state index contributed by atoms with van der Waals surface area (Å²) in [5.74, 6) is -1.66. The normalized spacial score (nSPS) is 17.6. The number of carboxylic acids is 1. The average molecular weight is 290 g/mol. The van der Waals surface area contributed by atoms with Crippen LogP contribution in [0.4, 0.5) is 0 Å². The molecular weight excluding hydrogens is 272 g/mol. The van der Waals surface area contributed by atoms with Crippen LogP contribution in [0.5, 0.6) is 0 Å². The van der Waals surface area contributed by atoms with Gasteiger partial charge in [0.25, 0.3) is 11.8 Å². The fourth-order valence-electron chi connectivity index (χ4n) is 2.34. The van der Waals surface area contributed by atoms with E-state index in [0.717, 1.165) is 0 Å². The molecule has 6 heteroatoms. The number of likely N-dealkylation sites (tertiary alicyclic amines) is 1. The van der Waals surface area contributed by atoms with Crippen LogP contribution in [-0.4, -0.2) is 59.9 Å². The molecule has 1 aliphatic heterocycles. The average Bonchev–Trinajstić information content (AvgIpc) is 2.96. The van der Waals surface area contributed by atoms with E-state index in [9.17, 15) is 14.4 Å². The quantitative estimate of drug-likeness (QED) is 0.898. The van der Waals surface area contributed by atoms with Crippen molar-refractivity contribution in [1.82, 2.24) is 9.80 Å². The van der Waals surface area contributed by atoms with Gasteiger partial charge in [0.2, 0.25) is 0 Å². The number of aliphatic carboxylic acids is 1. The Labute approximate surface area is 123 Å². The Balaban J connectivity index is 2.07. The summed E-state index contributed by atoms with van der Waals surface area (Å²) < 4.78 is 0. The van der Waals surface area contributed by atoms with Crippen LogP contribution in [-0.2, 0) is 4.79 Å². The predicted octanol–water partition coefficient (Wildman–Crippen LogP) is 0.935. The highest BCUT2D eigenvalue weighted by molar-refractivity contribution is 5.98. The van der Waals surface area contributed by atoms with E-state index in [0.29, 0.717) is 24.1 Å². The molecule has 2 rings (SSSR count). The van der Waals surface area contributed by atoms with E-state index in [1.165, 1.54) is 4.90 Å². The lowest BCUT2D eigenvalue weighted by Gasteiger charge is -2.16. The van der Waals surface area contributed by atoms with Gasteiger partial charge in [-0.2, -0.15) is 0 Å². The molecule has 1 aliphatic rings. The second-order valence-corrected chi connectivity index (χ2v) is 5.35. The predicted molar refractivity (Wildman–Crippen MR) is 76.1 cm³/mol. The number of hydrogen-bond donors (Lipinski definition) is 1. The van der Waals surface area contributed by atoms with Gasteiger partial charge in [0.1, 0.15) is 0 Å². The molecule has 1 aromatic rings. The van der Waals surface area contributed by atoms with Gasteiger partial charge in [0.15, 0.2) is 0 Å². The molecule has 6 nitrogen and oxygen atoms in total. The summed E-state index contributed by atoms with van der Waals surface area (Å²) >= 11 is 0. The maximum Gasteiger partial charge on any atom is 0.308 e. The number of nitrogens with zero attached hydrogens (tertiary/aromatic N) is 2. The number of amides is 2. The van der Waals surface area contributed by atoms with Crippen molar-refractivity contribution in [2.75, 3.05) is 27.2 Å². The minimum Gasteiger partial charge on any atom is -0.481 e. The van der Waals surface area contributed by atoms with Gasteiger partial charge in [-0.1, -0.05) is 0 Å². The zero-order chi connectivity index (χ0) is 15.6. The molecule has 0 spiro atoms. The number of benzene rings is 1. The van der Waals surface area contributed by atoms with Crippen LogP contribution in [0.2, 0.25) is 0 Å². The second-order valence-electron chi connectivity index (χ2n) is 5.35. The maximum absolute atomic E-state index is 12.3. The molecule has 1 aromatic carbocycles. The molecule has 0 aliphatic carbocycles. The van der Waals surface area contributed by atoms with Crippen molar-refractivity contribution < 1.29 is 19.5 Å². The van der Waals surface area contributed by atoms with Gasteiger partial charge < -0.3 is 14.9 Å². The van der Waals surface area contributed by atoms with Gasteiger partial charge in [0.05, 0.1) is 5.92 Å². The summed E-state index contributed by atoms with van der Waals surface area (Å²) in [5.41, 5.74) is 0.984. The molecule has 1 unspecified atom stereocenters. The molecule has 2 amide bonds. The molecule has 0 aromatic heterocycles. The lowest BCUT2D eigenvalue weighted by molar-refractivity contribution is -0.141. The largest absolute Gasteiger partial charge is 0.481 e. The highest BCUT2D eigenvalue weighted by atomic mass is 16.4. The first-order valence-corrected chi connectivity index (χ1v) is 6.74. The van der Waals surface area contributed by atoms with Crippen molar-refractivity contribution >= 4 is 17.8 Å². The highest BCUT2D eigenvalue weighted by Crippen LogP contribution is 2.19. The number of hydrogen-bond acceptors (Lipinski definition) is 3. The lowest BCUT2D eigenvalue weighted by Crippen LogP contribution is -2.30. The SMILES string of the molecule is CN(C)C(=O)c1ccc(C(=O)N2CCC(C(=O)O)C2)cc1. The number of carboxylic acid groups (broad SMARTS) is 1. The molecule has 21 heavy (non-hydrogen) atoms. The molecule has 112 valence electrons. The van der Waals surface area contributed by atoms with Crippen molar-refractivity contribution in [2.45, 2.75) is 6.42 Å².